The summed E-state index contributed by atoms with van der Waals surface area (Å²) >= 11 is 0. The SMILES string of the molecule is CN(C)[C@H](CNC(=O)C[C@H](c1cccnc1)C1(C)CC1)Cc1ccc(O)cc1C(F)(F)F. The van der Waals surface area contributed by atoms with Crippen molar-refractivity contribution in [2.75, 3.05) is 20.6 Å². The minimum Gasteiger partial charge on any atom is -0.508 e. The Morgan fingerprint density at radius 1 is 1.28 bits per heavy atom. The smallest absolute Gasteiger partial charge is 0.416 e. The molecule has 1 aliphatic rings. The van der Waals surface area contributed by atoms with Gasteiger partial charge in [0.05, 0.1) is 5.56 Å². The van der Waals surface area contributed by atoms with Gasteiger partial charge in [-0.1, -0.05) is 19.1 Å². The van der Waals surface area contributed by atoms with Crippen LogP contribution in [0.1, 0.15) is 48.8 Å². The average Bonchev–Trinajstić information content (AvgIpc) is 3.48. The number of aromatic hydroxyl groups is 1. The van der Waals surface area contributed by atoms with Crippen molar-refractivity contribution in [3.8, 4) is 5.75 Å². The number of benzene rings is 1. The normalized spacial score (nSPS) is 17.1. The molecule has 0 unspecified atom stereocenters. The van der Waals surface area contributed by atoms with Crippen LogP contribution in [0, 0.1) is 5.41 Å². The van der Waals surface area contributed by atoms with Crippen LogP contribution in [0.25, 0.3) is 0 Å². The summed E-state index contributed by atoms with van der Waals surface area (Å²) in [5.41, 5.74) is 0.344. The number of pyridine rings is 1. The number of rotatable bonds is 9. The molecule has 8 heteroatoms. The van der Waals surface area contributed by atoms with Gasteiger partial charge >= 0.3 is 6.18 Å². The molecule has 2 atom stereocenters. The monoisotopic (exact) mass is 449 g/mol. The summed E-state index contributed by atoms with van der Waals surface area (Å²) in [6.07, 6.45) is 1.46. The third-order valence-corrected chi connectivity index (χ3v) is 6.48. The van der Waals surface area contributed by atoms with Crippen LogP contribution in [-0.4, -0.2) is 47.6 Å². The molecule has 1 aliphatic carbocycles. The predicted octanol–water partition coefficient (Wildman–Crippen LogP) is 4.37. The molecule has 1 heterocycles. The zero-order chi connectivity index (χ0) is 23.5. The number of likely N-dealkylation sites (N-methyl/N-ethyl adjacent to an activating group) is 1. The molecule has 1 aromatic heterocycles. The second-order valence-electron chi connectivity index (χ2n) is 9.16. The largest absolute Gasteiger partial charge is 0.508 e. The third kappa shape index (κ3) is 6.00. The van der Waals surface area contributed by atoms with E-state index in [9.17, 15) is 23.1 Å². The molecule has 32 heavy (non-hydrogen) atoms. The predicted molar refractivity (Wildman–Crippen MR) is 116 cm³/mol. The first kappa shape index (κ1) is 24.0. The van der Waals surface area contributed by atoms with Gasteiger partial charge in [0, 0.05) is 31.4 Å². The Morgan fingerprint density at radius 2 is 2.00 bits per heavy atom. The van der Waals surface area contributed by atoms with Crippen LogP contribution in [0.3, 0.4) is 0 Å². The van der Waals surface area contributed by atoms with E-state index in [1.54, 1.807) is 31.4 Å². The third-order valence-electron chi connectivity index (χ3n) is 6.48. The van der Waals surface area contributed by atoms with Gasteiger partial charge in [-0.25, -0.2) is 0 Å². The molecular formula is C24H30F3N3O2. The van der Waals surface area contributed by atoms with Gasteiger partial charge in [-0.05, 0) is 74.0 Å². The van der Waals surface area contributed by atoms with Crippen molar-refractivity contribution in [2.45, 2.75) is 50.7 Å². The van der Waals surface area contributed by atoms with E-state index >= 15 is 0 Å². The first-order valence-electron chi connectivity index (χ1n) is 10.7. The Bertz CT molecular complexity index is 928. The molecule has 0 radical (unpaired) electrons. The Balaban J connectivity index is 1.67. The fourth-order valence-corrected chi connectivity index (χ4v) is 4.08. The molecule has 1 amide bonds. The fraction of sp³-hybridized carbons (Fsp3) is 0.500. The van der Waals surface area contributed by atoms with Crippen molar-refractivity contribution in [2.24, 2.45) is 5.41 Å². The van der Waals surface area contributed by atoms with Crippen molar-refractivity contribution >= 4 is 5.91 Å². The van der Waals surface area contributed by atoms with Crippen LogP contribution < -0.4 is 5.32 Å². The van der Waals surface area contributed by atoms with E-state index in [0.717, 1.165) is 24.5 Å². The average molecular weight is 450 g/mol. The molecule has 1 aromatic carbocycles. The molecule has 2 aromatic rings. The van der Waals surface area contributed by atoms with Gasteiger partial charge in [0.2, 0.25) is 5.91 Å². The van der Waals surface area contributed by atoms with Crippen LogP contribution in [-0.2, 0) is 17.4 Å². The lowest BCUT2D eigenvalue weighted by molar-refractivity contribution is -0.138. The van der Waals surface area contributed by atoms with E-state index in [-0.39, 0.29) is 41.8 Å². The molecule has 174 valence electrons. The van der Waals surface area contributed by atoms with Gasteiger partial charge in [0.25, 0.3) is 0 Å². The number of carbonyl (C=O) groups excluding carboxylic acids is 1. The summed E-state index contributed by atoms with van der Waals surface area (Å²) in [5, 5.41) is 12.4. The van der Waals surface area contributed by atoms with Crippen molar-refractivity contribution in [3.63, 3.8) is 0 Å². The summed E-state index contributed by atoms with van der Waals surface area (Å²) in [4.78, 5) is 18.8. The first-order valence-corrected chi connectivity index (χ1v) is 10.7. The van der Waals surface area contributed by atoms with Crippen LogP contribution in [0.5, 0.6) is 5.75 Å². The number of amides is 1. The van der Waals surface area contributed by atoms with Crippen molar-refractivity contribution in [1.82, 2.24) is 15.2 Å². The first-order chi connectivity index (χ1) is 15.0. The maximum Gasteiger partial charge on any atom is 0.416 e. The second kappa shape index (κ2) is 9.48. The molecule has 0 spiro atoms. The summed E-state index contributed by atoms with van der Waals surface area (Å²) < 4.78 is 40.3. The van der Waals surface area contributed by atoms with Crippen LogP contribution in [0.15, 0.2) is 42.7 Å². The van der Waals surface area contributed by atoms with Crippen molar-refractivity contribution < 1.29 is 23.1 Å². The summed E-state index contributed by atoms with van der Waals surface area (Å²) in [6, 6.07) is 6.81. The van der Waals surface area contributed by atoms with E-state index in [0.29, 0.717) is 6.42 Å². The second-order valence-corrected chi connectivity index (χ2v) is 9.16. The van der Waals surface area contributed by atoms with E-state index in [1.807, 2.05) is 12.1 Å². The van der Waals surface area contributed by atoms with E-state index in [1.165, 1.54) is 12.1 Å². The van der Waals surface area contributed by atoms with Crippen molar-refractivity contribution in [3.05, 3.63) is 59.4 Å². The van der Waals surface area contributed by atoms with E-state index in [2.05, 4.69) is 17.2 Å². The zero-order valence-electron chi connectivity index (χ0n) is 18.6. The van der Waals surface area contributed by atoms with Gasteiger partial charge in [0.1, 0.15) is 5.75 Å². The van der Waals surface area contributed by atoms with Crippen LogP contribution in [0.4, 0.5) is 13.2 Å². The number of alkyl halides is 3. The highest BCUT2D eigenvalue weighted by Gasteiger charge is 2.46. The Hall–Kier alpha value is -2.61. The fourth-order valence-electron chi connectivity index (χ4n) is 4.08. The molecular weight excluding hydrogens is 419 g/mol. The van der Waals surface area contributed by atoms with Crippen LogP contribution >= 0.6 is 0 Å². The standard InChI is InChI=1S/C24H30F3N3O2/c1-23(8-9-23)20(17-5-4-10-28-14-17)13-22(32)29-15-18(30(2)3)11-16-6-7-19(31)12-21(16)24(25,26)27/h4-7,10,12,14,18,20,31H,8-9,11,13,15H2,1-3H3,(H,29,32)/t18-,20+/m0/s1. The topological polar surface area (TPSA) is 65.5 Å². The van der Waals surface area contributed by atoms with Gasteiger partial charge in [-0.2, -0.15) is 13.2 Å². The quantitative estimate of drug-likeness (QED) is 0.597. The van der Waals surface area contributed by atoms with Gasteiger partial charge in [0.15, 0.2) is 0 Å². The van der Waals surface area contributed by atoms with E-state index < -0.39 is 17.5 Å². The lowest BCUT2D eigenvalue weighted by atomic mass is 9.82. The van der Waals surface area contributed by atoms with Crippen LogP contribution in [0.2, 0.25) is 0 Å². The number of halogens is 3. The lowest BCUT2D eigenvalue weighted by Gasteiger charge is -2.27. The number of nitrogens with one attached hydrogen (secondary N) is 1. The summed E-state index contributed by atoms with van der Waals surface area (Å²) in [6.45, 7) is 2.39. The summed E-state index contributed by atoms with van der Waals surface area (Å²) in [5.74, 6) is -0.491. The zero-order valence-corrected chi connectivity index (χ0v) is 18.6. The van der Waals surface area contributed by atoms with Gasteiger partial charge in [-0.3, -0.25) is 9.78 Å². The number of hydrogen-bond acceptors (Lipinski definition) is 4. The Morgan fingerprint density at radius 3 is 2.56 bits per heavy atom. The van der Waals surface area contributed by atoms with Gasteiger partial charge < -0.3 is 15.3 Å². The minimum atomic E-state index is -4.56. The number of phenols is 1. The minimum absolute atomic E-state index is 0.0583. The molecule has 2 N–H and O–H groups in total. The number of carbonyl (C=O) groups is 1. The molecule has 0 saturated heterocycles. The number of aromatic nitrogens is 1. The Kier molecular flexibility index (Phi) is 7.12. The molecule has 3 rings (SSSR count). The molecule has 5 nitrogen and oxygen atoms in total. The molecule has 1 fully saturated rings. The maximum absolute atomic E-state index is 13.4. The highest BCUT2D eigenvalue weighted by molar-refractivity contribution is 5.77. The number of phenolic OH excluding ortho intramolecular Hbond substituents is 1. The number of hydrogen-bond donors (Lipinski definition) is 2. The summed E-state index contributed by atoms with van der Waals surface area (Å²) in [7, 11) is 3.54. The molecule has 0 bridgehead atoms. The molecule has 0 aliphatic heterocycles. The maximum atomic E-state index is 13.4. The van der Waals surface area contributed by atoms with Gasteiger partial charge in [-0.15, -0.1) is 0 Å². The van der Waals surface area contributed by atoms with E-state index in [4.69, 9.17) is 0 Å². The number of nitrogens with zero attached hydrogens (tertiary/aromatic N) is 2. The lowest BCUT2D eigenvalue weighted by Crippen LogP contribution is -2.42. The Labute approximate surface area is 186 Å². The van der Waals surface area contributed by atoms with Crippen molar-refractivity contribution in [1.29, 1.82) is 0 Å². The highest BCUT2D eigenvalue weighted by Crippen LogP contribution is 2.56. The highest BCUT2D eigenvalue weighted by atomic mass is 19.4. The molecule has 1 saturated carbocycles.